The Hall–Kier alpha value is -2.38. The first-order chi connectivity index (χ1) is 10.1. The van der Waals surface area contributed by atoms with E-state index in [1.807, 2.05) is 32.2 Å². The second-order valence-corrected chi connectivity index (χ2v) is 4.88. The van der Waals surface area contributed by atoms with Gasteiger partial charge in [0.1, 0.15) is 11.9 Å². The van der Waals surface area contributed by atoms with E-state index in [9.17, 15) is 9.65 Å². The van der Waals surface area contributed by atoms with Crippen LogP contribution in [0.4, 0.5) is 15.8 Å². The summed E-state index contributed by atoms with van der Waals surface area (Å²) >= 11 is 0. The molecule has 3 nitrogen and oxygen atoms in total. The largest absolute Gasteiger partial charge is 0.341 e. The molecule has 0 aliphatic carbocycles. The van der Waals surface area contributed by atoms with Gasteiger partial charge in [-0.25, -0.2) is 4.39 Å². The summed E-state index contributed by atoms with van der Waals surface area (Å²) in [6, 6.07) is 14.4. The maximum atomic E-state index is 14.4. The fraction of sp³-hybridized carbons (Fsp3) is 0.235. The molecule has 1 unspecified atom stereocenters. The summed E-state index contributed by atoms with van der Waals surface area (Å²) < 4.78 is 14.4. The molecule has 1 N–H and O–H groups in total. The average Bonchev–Trinajstić information content (AvgIpc) is 2.53. The predicted octanol–water partition coefficient (Wildman–Crippen LogP) is 3.75. The van der Waals surface area contributed by atoms with Gasteiger partial charge in [-0.2, -0.15) is 5.26 Å². The number of rotatable bonds is 4. The zero-order chi connectivity index (χ0) is 15.4. The zero-order valence-corrected chi connectivity index (χ0v) is 12.4. The number of anilines is 2. The Morgan fingerprint density at radius 1 is 1.19 bits per heavy atom. The molecule has 108 valence electrons. The molecule has 2 aromatic rings. The van der Waals surface area contributed by atoms with Crippen LogP contribution in [0, 0.1) is 17.1 Å². The molecule has 0 amide bonds. The number of para-hydroxylation sites is 2. The molecule has 0 saturated heterocycles. The molecule has 0 aliphatic rings. The number of hydrogen-bond acceptors (Lipinski definition) is 3. The third-order valence-electron chi connectivity index (χ3n) is 3.64. The summed E-state index contributed by atoms with van der Waals surface area (Å²) in [7, 11) is 3.61. The van der Waals surface area contributed by atoms with Crippen LogP contribution in [0.15, 0.2) is 42.5 Å². The van der Waals surface area contributed by atoms with Gasteiger partial charge in [-0.15, -0.1) is 0 Å². The summed E-state index contributed by atoms with van der Waals surface area (Å²) in [6.07, 6.45) is 0. The van der Waals surface area contributed by atoms with Crippen molar-refractivity contribution in [3.05, 3.63) is 59.4 Å². The van der Waals surface area contributed by atoms with Crippen LogP contribution in [0.1, 0.15) is 24.1 Å². The molecule has 21 heavy (non-hydrogen) atoms. The van der Waals surface area contributed by atoms with E-state index in [0.29, 0.717) is 16.9 Å². The number of nitriles is 1. The minimum atomic E-state index is -0.301. The number of hydrogen-bond donors (Lipinski definition) is 1. The second-order valence-electron chi connectivity index (χ2n) is 4.88. The molecule has 0 radical (unpaired) electrons. The molecule has 0 spiro atoms. The Balaban J connectivity index is 2.58. The van der Waals surface area contributed by atoms with Crippen molar-refractivity contribution in [2.45, 2.75) is 13.0 Å². The van der Waals surface area contributed by atoms with Crippen molar-refractivity contribution >= 4 is 11.4 Å². The van der Waals surface area contributed by atoms with Gasteiger partial charge in [-0.1, -0.05) is 24.3 Å². The van der Waals surface area contributed by atoms with Gasteiger partial charge in [0.05, 0.1) is 16.9 Å². The Labute approximate surface area is 124 Å². The lowest BCUT2D eigenvalue weighted by molar-refractivity contribution is 0.608. The average molecular weight is 283 g/mol. The van der Waals surface area contributed by atoms with E-state index in [-0.39, 0.29) is 11.9 Å². The summed E-state index contributed by atoms with van der Waals surface area (Å²) in [5.74, 6) is -0.301. The minimum Gasteiger partial charge on any atom is -0.341 e. The van der Waals surface area contributed by atoms with Gasteiger partial charge in [0.2, 0.25) is 0 Å². The highest BCUT2D eigenvalue weighted by atomic mass is 19.1. The molecule has 4 heteroatoms. The Morgan fingerprint density at radius 3 is 2.57 bits per heavy atom. The molecule has 2 aromatic carbocycles. The van der Waals surface area contributed by atoms with Crippen molar-refractivity contribution in [2.24, 2.45) is 0 Å². The third kappa shape index (κ3) is 2.88. The van der Waals surface area contributed by atoms with Crippen molar-refractivity contribution in [3.8, 4) is 6.07 Å². The zero-order valence-electron chi connectivity index (χ0n) is 12.4. The van der Waals surface area contributed by atoms with Crippen LogP contribution >= 0.6 is 0 Å². The van der Waals surface area contributed by atoms with Crippen molar-refractivity contribution in [1.82, 2.24) is 5.32 Å². The van der Waals surface area contributed by atoms with Gasteiger partial charge >= 0.3 is 0 Å². The first-order valence-electron chi connectivity index (χ1n) is 6.78. The highest BCUT2D eigenvalue weighted by molar-refractivity contribution is 5.71. The van der Waals surface area contributed by atoms with Crippen molar-refractivity contribution in [1.29, 1.82) is 5.26 Å². The molecule has 0 fully saturated rings. The normalized spacial score (nSPS) is 11.8. The topological polar surface area (TPSA) is 39.1 Å². The summed E-state index contributed by atoms with van der Waals surface area (Å²) in [5.41, 5.74) is 2.55. The highest BCUT2D eigenvalue weighted by Gasteiger charge is 2.19. The Bertz CT molecular complexity index is 676. The van der Waals surface area contributed by atoms with E-state index in [4.69, 9.17) is 0 Å². The van der Waals surface area contributed by atoms with Gasteiger partial charge in [-0.05, 0) is 37.7 Å². The molecule has 0 saturated carbocycles. The van der Waals surface area contributed by atoms with Crippen LogP contribution in [0.2, 0.25) is 0 Å². The van der Waals surface area contributed by atoms with E-state index < -0.39 is 0 Å². The molecular weight excluding hydrogens is 265 g/mol. The summed E-state index contributed by atoms with van der Waals surface area (Å²) in [4.78, 5) is 1.73. The number of halogens is 1. The number of nitrogens with zero attached hydrogens (tertiary/aromatic N) is 2. The van der Waals surface area contributed by atoms with E-state index in [1.54, 1.807) is 30.1 Å². The molecular formula is C17H18FN3. The number of nitrogens with one attached hydrogen (secondary N) is 1. The summed E-state index contributed by atoms with van der Waals surface area (Å²) in [6.45, 7) is 1.97. The van der Waals surface area contributed by atoms with Crippen molar-refractivity contribution < 1.29 is 4.39 Å². The minimum absolute atomic E-state index is 0.00685. The second kappa shape index (κ2) is 6.38. The standard InChI is InChI=1S/C17H18FN3/c1-12(20-2)14-8-6-9-15(18)17(14)21(3)16-10-5-4-7-13(16)11-19/h4-10,12,20H,1-3H3. The fourth-order valence-electron chi connectivity index (χ4n) is 2.37. The van der Waals surface area contributed by atoms with Gasteiger partial charge in [0, 0.05) is 13.1 Å². The van der Waals surface area contributed by atoms with E-state index in [1.165, 1.54) is 6.07 Å². The monoisotopic (exact) mass is 283 g/mol. The molecule has 0 aromatic heterocycles. The lowest BCUT2D eigenvalue weighted by atomic mass is 10.0. The van der Waals surface area contributed by atoms with Crippen LogP contribution < -0.4 is 10.2 Å². The maximum absolute atomic E-state index is 14.4. The fourth-order valence-corrected chi connectivity index (χ4v) is 2.37. The lowest BCUT2D eigenvalue weighted by Crippen LogP contribution is -2.20. The summed E-state index contributed by atoms with van der Waals surface area (Å²) in [5, 5.41) is 12.4. The van der Waals surface area contributed by atoms with Crippen LogP contribution in [-0.2, 0) is 0 Å². The lowest BCUT2D eigenvalue weighted by Gasteiger charge is -2.26. The first-order valence-corrected chi connectivity index (χ1v) is 6.78. The maximum Gasteiger partial charge on any atom is 0.147 e. The van der Waals surface area contributed by atoms with Crippen LogP contribution in [0.5, 0.6) is 0 Å². The molecule has 0 aliphatic heterocycles. The quantitative estimate of drug-likeness (QED) is 0.929. The molecule has 0 bridgehead atoms. The third-order valence-corrected chi connectivity index (χ3v) is 3.64. The van der Waals surface area contributed by atoms with E-state index in [2.05, 4.69) is 11.4 Å². The SMILES string of the molecule is CNC(C)c1cccc(F)c1N(C)c1ccccc1C#N. The van der Waals surface area contributed by atoms with Crippen LogP contribution in [0.25, 0.3) is 0 Å². The van der Waals surface area contributed by atoms with E-state index >= 15 is 0 Å². The Morgan fingerprint density at radius 2 is 1.90 bits per heavy atom. The van der Waals surface area contributed by atoms with Gasteiger partial charge in [0.25, 0.3) is 0 Å². The number of benzene rings is 2. The Kier molecular flexibility index (Phi) is 4.56. The molecule has 2 rings (SSSR count). The van der Waals surface area contributed by atoms with Gasteiger partial charge in [-0.3, -0.25) is 0 Å². The van der Waals surface area contributed by atoms with Crippen LogP contribution in [0.3, 0.4) is 0 Å². The van der Waals surface area contributed by atoms with Gasteiger partial charge < -0.3 is 10.2 Å². The molecule has 1 atom stereocenters. The smallest absolute Gasteiger partial charge is 0.147 e. The van der Waals surface area contributed by atoms with E-state index in [0.717, 1.165) is 5.56 Å². The van der Waals surface area contributed by atoms with Gasteiger partial charge in [0.15, 0.2) is 0 Å². The van der Waals surface area contributed by atoms with Crippen molar-refractivity contribution in [3.63, 3.8) is 0 Å². The molecule has 0 heterocycles. The van der Waals surface area contributed by atoms with Crippen molar-refractivity contribution in [2.75, 3.05) is 19.0 Å². The predicted molar refractivity (Wildman–Crippen MR) is 83.1 cm³/mol. The highest BCUT2D eigenvalue weighted by Crippen LogP contribution is 2.34. The van der Waals surface area contributed by atoms with Crippen LogP contribution in [-0.4, -0.2) is 14.1 Å². The first kappa shape index (κ1) is 15.0.